The molecular weight excluding hydrogens is 334 g/mol. The Bertz CT molecular complexity index is 773. The second-order valence-corrected chi connectivity index (χ2v) is 5.65. The Labute approximate surface area is 153 Å². The van der Waals surface area contributed by atoms with Crippen molar-refractivity contribution in [1.29, 1.82) is 0 Å². The first kappa shape index (κ1) is 19.3. The number of esters is 1. The summed E-state index contributed by atoms with van der Waals surface area (Å²) in [5, 5.41) is 2.77. The van der Waals surface area contributed by atoms with E-state index in [2.05, 4.69) is 10.1 Å². The molecule has 0 saturated heterocycles. The van der Waals surface area contributed by atoms with Crippen molar-refractivity contribution in [1.82, 2.24) is 0 Å². The van der Waals surface area contributed by atoms with Crippen LogP contribution in [0.2, 0.25) is 0 Å². The molecule has 0 radical (unpaired) electrons. The Morgan fingerprint density at radius 3 is 2.35 bits per heavy atom. The lowest BCUT2D eigenvalue weighted by atomic mass is 10.1. The number of benzene rings is 2. The van der Waals surface area contributed by atoms with E-state index in [9.17, 15) is 9.59 Å². The molecule has 0 saturated carbocycles. The molecule has 0 spiro atoms. The normalized spacial score (nSPS) is 10.1. The van der Waals surface area contributed by atoms with Crippen LogP contribution < -0.4 is 14.8 Å². The summed E-state index contributed by atoms with van der Waals surface area (Å²) >= 11 is 0. The largest absolute Gasteiger partial charge is 0.490 e. The molecule has 26 heavy (non-hydrogen) atoms. The molecule has 2 aromatic rings. The number of amides is 1. The molecule has 6 nitrogen and oxygen atoms in total. The van der Waals surface area contributed by atoms with E-state index in [0.29, 0.717) is 29.4 Å². The summed E-state index contributed by atoms with van der Waals surface area (Å²) in [7, 11) is 1.33. The van der Waals surface area contributed by atoms with Crippen molar-refractivity contribution < 1.29 is 23.8 Å². The van der Waals surface area contributed by atoms with E-state index in [1.165, 1.54) is 7.11 Å². The molecule has 0 fully saturated rings. The fourth-order valence-electron chi connectivity index (χ4n) is 2.28. The minimum atomic E-state index is -0.419. The molecule has 0 aromatic heterocycles. The zero-order chi connectivity index (χ0) is 18.9. The van der Waals surface area contributed by atoms with Gasteiger partial charge >= 0.3 is 5.97 Å². The SMILES string of the molecule is CCCOc1ccccc1OCC(=O)Nc1ccc(C(=O)OC)cc1C. The number of carbonyl (C=O) groups excluding carboxylic acids is 2. The quantitative estimate of drug-likeness (QED) is 0.731. The van der Waals surface area contributed by atoms with Gasteiger partial charge in [-0.15, -0.1) is 0 Å². The first-order valence-electron chi connectivity index (χ1n) is 8.38. The first-order valence-corrected chi connectivity index (χ1v) is 8.38. The van der Waals surface area contributed by atoms with Crippen molar-refractivity contribution in [3.05, 3.63) is 53.6 Å². The predicted octanol–water partition coefficient (Wildman–Crippen LogP) is 3.59. The number of nitrogens with one attached hydrogen (secondary N) is 1. The molecule has 138 valence electrons. The van der Waals surface area contributed by atoms with Gasteiger partial charge in [-0.3, -0.25) is 4.79 Å². The van der Waals surface area contributed by atoms with Gasteiger partial charge in [-0.25, -0.2) is 4.79 Å². The van der Waals surface area contributed by atoms with Gasteiger partial charge in [0.05, 0.1) is 19.3 Å². The van der Waals surface area contributed by atoms with E-state index < -0.39 is 5.97 Å². The second kappa shape index (κ2) is 9.46. The maximum Gasteiger partial charge on any atom is 0.337 e. The summed E-state index contributed by atoms with van der Waals surface area (Å²) in [6.45, 7) is 4.25. The van der Waals surface area contributed by atoms with Crippen molar-refractivity contribution in [3.8, 4) is 11.5 Å². The smallest absolute Gasteiger partial charge is 0.337 e. The molecule has 0 bridgehead atoms. The van der Waals surface area contributed by atoms with Crippen LogP contribution in [0.4, 0.5) is 5.69 Å². The van der Waals surface area contributed by atoms with Gasteiger partial charge in [-0.05, 0) is 49.2 Å². The maximum absolute atomic E-state index is 12.2. The molecule has 1 amide bonds. The summed E-state index contributed by atoms with van der Waals surface area (Å²) in [4.78, 5) is 23.7. The monoisotopic (exact) mass is 357 g/mol. The van der Waals surface area contributed by atoms with E-state index in [1.54, 1.807) is 37.3 Å². The Morgan fingerprint density at radius 1 is 1.04 bits per heavy atom. The van der Waals surface area contributed by atoms with Crippen LogP contribution >= 0.6 is 0 Å². The third-order valence-corrected chi connectivity index (χ3v) is 3.59. The Hall–Kier alpha value is -3.02. The molecule has 0 heterocycles. The van der Waals surface area contributed by atoms with E-state index in [4.69, 9.17) is 9.47 Å². The molecule has 1 N–H and O–H groups in total. The molecule has 6 heteroatoms. The number of aryl methyl sites for hydroxylation is 1. The predicted molar refractivity (Wildman–Crippen MR) is 98.9 cm³/mol. The van der Waals surface area contributed by atoms with Crippen LogP contribution in [-0.4, -0.2) is 32.2 Å². The third-order valence-electron chi connectivity index (χ3n) is 3.59. The number of carbonyl (C=O) groups is 2. The van der Waals surface area contributed by atoms with Gasteiger partial charge in [-0.1, -0.05) is 19.1 Å². The van der Waals surface area contributed by atoms with Crippen LogP contribution in [0.25, 0.3) is 0 Å². The zero-order valence-corrected chi connectivity index (χ0v) is 15.2. The van der Waals surface area contributed by atoms with Crippen LogP contribution in [0.3, 0.4) is 0 Å². The second-order valence-electron chi connectivity index (χ2n) is 5.65. The Balaban J connectivity index is 1.96. The van der Waals surface area contributed by atoms with Crippen molar-refractivity contribution in [2.45, 2.75) is 20.3 Å². The summed E-state index contributed by atoms with van der Waals surface area (Å²) < 4.78 is 15.9. The van der Waals surface area contributed by atoms with Gasteiger partial charge in [0.25, 0.3) is 5.91 Å². The fourth-order valence-corrected chi connectivity index (χ4v) is 2.28. The van der Waals surface area contributed by atoms with E-state index in [-0.39, 0.29) is 12.5 Å². The summed E-state index contributed by atoms with van der Waals surface area (Å²) in [6, 6.07) is 12.2. The maximum atomic E-state index is 12.2. The average molecular weight is 357 g/mol. The standard InChI is InChI=1S/C20H23NO5/c1-4-11-25-17-7-5-6-8-18(17)26-13-19(22)21-16-10-9-15(12-14(16)2)20(23)24-3/h5-10,12H,4,11,13H2,1-3H3,(H,21,22). The molecule has 0 atom stereocenters. The number of anilines is 1. The van der Waals surface area contributed by atoms with Crippen molar-refractivity contribution in [2.24, 2.45) is 0 Å². The highest BCUT2D eigenvalue weighted by atomic mass is 16.5. The van der Waals surface area contributed by atoms with Crippen LogP contribution in [0.15, 0.2) is 42.5 Å². The number of hydrogen-bond donors (Lipinski definition) is 1. The fraction of sp³-hybridized carbons (Fsp3) is 0.300. The van der Waals surface area contributed by atoms with Gasteiger partial charge in [0.1, 0.15) is 0 Å². The summed E-state index contributed by atoms with van der Waals surface area (Å²) in [6.07, 6.45) is 0.885. The summed E-state index contributed by atoms with van der Waals surface area (Å²) in [5.74, 6) is 0.414. The summed E-state index contributed by atoms with van der Waals surface area (Å²) in [5.41, 5.74) is 1.80. The number of methoxy groups -OCH3 is 1. The molecule has 0 unspecified atom stereocenters. The molecule has 0 aliphatic rings. The van der Waals surface area contributed by atoms with E-state index in [0.717, 1.165) is 12.0 Å². The molecule has 0 aliphatic heterocycles. The van der Waals surface area contributed by atoms with Gasteiger partial charge in [0.15, 0.2) is 18.1 Å². The average Bonchev–Trinajstić information content (AvgIpc) is 2.66. The number of hydrogen-bond acceptors (Lipinski definition) is 5. The Morgan fingerprint density at radius 2 is 1.73 bits per heavy atom. The van der Waals surface area contributed by atoms with Crippen LogP contribution in [0.5, 0.6) is 11.5 Å². The number of rotatable bonds is 8. The van der Waals surface area contributed by atoms with Crippen molar-refractivity contribution in [2.75, 3.05) is 25.6 Å². The first-order chi connectivity index (χ1) is 12.5. The van der Waals surface area contributed by atoms with E-state index in [1.807, 2.05) is 19.1 Å². The minimum Gasteiger partial charge on any atom is -0.490 e. The topological polar surface area (TPSA) is 73.9 Å². The van der Waals surface area contributed by atoms with Gasteiger partial charge < -0.3 is 19.5 Å². The highest BCUT2D eigenvalue weighted by Gasteiger charge is 2.11. The molecule has 2 aromatic carbocycles. The lowest BCUT2D eigenvalue weighted by Crippen LogP contribution is -2.21. The van der Waals surface area contributed by atoms with E-state index >= 15 is 0 Å². The lowest BCUT2D eigenvalue weighted by molar-refractivity contribution is -0.118. The molecular formula is C20H23NO5. The van der Waals surface area contributed by atoms with Gasteiger partial charge in [0.2, 0.25) is 0 Å². The van der Waals surface area contributed by atoms with Crippen molar-refractivity contribution >= 4 is 17.6 Å². The third kappa shape index (κ3) is 5.24. The number of para-hydroxylation sites is 2. The van der Waals surface area contributed by atoms with Crippen LogP contribution in [0.1, 0.15) is 29.3 Å². The van der Waals surface area contributed by atoms with Crippen LogP contribution in [0, 0.1) is 6.92 Å². The van der Waals surface area contributed by atoms with Crippen molar-refractivity contribution in [3.63, 3.8) is 0 Å². The molecule has 0 aliphatic carbocycles. The lowest BCUT2D eigenvalue weighted by Gasteiger charge is -2.13. The van der Waals surface area contributed by atoms with Gasteiger partial charge in [0, 0.05) is 5.69 Å². The molecule has 2 rings (SSSR count). The highest BCUT2D eigenvalue weighted by Crippen LogP contribution is 2.26. The highest BCUT2D eigenvalue weighted by molar-refractivity contribution is 5.94. The van der Waals surface area contributed by atoms with Gasteiger partial charge in [-0.2, -0.15) is 0 Å². The minimum absolute atomic E-state index is 0.148. The Kier molecular flexibility index (Phi) is 7.02. The zero-order valence-electron chi connectivity index (χ0n) is 15.2. The number of ether oxygens (including phenoxy) is 3. The van der Waals surface area contributed by atoms with Crippen LogP contribution in [-0.2, 0) is 9.53 Å².